The third-order valence-corrected chi connectivity index (χ3v) is 9.73. The van der Waals surface area contributed by atoms with Crippen molar-refractivity contribution < 1.29 is 31.5 Å². The molecule has 2 saturated carbocycles. The largest absolute Gasteiger partial charge is 0.394 e. The molecule has 2 unspecified atom stereocenters. The van der Waals surface area contributed by atoms with Crippen molar-refractivity contribution in [3.05, 3.63) is 58.4 Å². The molecule has 0 saturated heterocycles. The summed E-state index contributed by atoms with van der Waals surface area (Å²) in [6, 6.07) is 4.90. The van der Waals surface area contributed by atoms with Crippen molar-refractivity contribution in [1.82, 2.24) is 0 Å². The molecule has 2 fully saturated rings. The molecule has 0 heterocycles. The van der Waals surface area contributed by atoms with Crippen LogP contribution in [0.3, 0.4) is 0 Å². The van der Waals surface area contributed by atoms with Crippen molar-refractivity contribution in [1.29, 1.82) is 0 Å². The second-order valence-corrected chi connectivity index (χ2v) is 11.4. The van der Waals surface area contributed by atoms with E-state index in [2.05, 4.69) is 17.0 Å². The number of aliphatic hydroxyl groups is 1. The molecule has 2 aromatic carbocycles. The molecule has 11 heteroatoms. The number of hydrogen-bond acceptors (Lipinski definition) is 5. The average molecular weight is 515 g/mol. The van der Waals surface area contributed by atoms with Gasteiger partial charge in [-0.3, -0.25) is 9.79 Å². The van der Waals surface area contributed by atoms with Gasteiger partial charge >= 0.3 is 0 Å². The highest BCUT2D eigenvalue weighted by molar-refractivity contribution is 7.92. The fourth-order valence-electron chi connectivity index (χ4n) is 5.29. The van der Waals surface area contributed by atoms with Crippen LogP contribution in [0.4, 0.5) is 18.9 Å². The summed E-state index contributed by atoms with van der Waals surface area (Å²) in [5.74, 6) is -5.97. The Bertz CT molecular complexity index is 1230. The summed E-state index contributed by atoms with van der Waals surface area (Å²) in [7, 11) is -3.97. The zero-order chi connectivity index (χ0) is 24.8. The van der Waals surface area contributed by atoms with E-state index in [0.29, 0.717) is 37.8 Å². The van der Waals surface area contributed by atoms with Gasteiger partial charge in [0.25, 0.3) is 5.91 Å². The molecule has 2 atom stereocenters. The van der Waals surface area contributed by atoms with Gasteiger partial charge in [-0.25, -0.2) is 21.6 Å². The fourth-order valence-corrected chi connectivity index (χ4v) is 8.14. The molecule has 2 N–H and O–H groups in total. The van der Waals surface area contributed by atoms with E-state index in [9.17, 15) is 31.5 Å². The molecule has 4 rings (SSSR count). The Labute approximate surface area is 199 Å². The number of benzene rings is 2. The van der Waals surface area contributed by atoms with Crippen molar-refractivity contribution in [3.63, 3.8) is 0 Å². The monoisotopic (exact) mass is 514 g/mol. The predicted octanol–water partition coefficient (Wildman–Crippen LogP) is 4.40. The van der Waals surface area contributed by atoms with E-state index in [4.69, 9.17) is 11.6 Å². The Morgan fingerprint density at radius 1 is 1.15 bits per heavy atom. The Morgan fingerprint density at radius 3 is 2.26 bits per heavy atom. The van der Waals surface area contributed by atoms with Gasteiger partial charge in [0.2, 0.25) is 0 Å². The van der Waals surface area contributed by atoms with Crippen LogP contribution in [0, 0.1) is 29.3 Å². The number of rotatable bonds is 6. The van der Waals surface area contributed by atoms with Gasteiger partial charge in [0.05, 0.1) is 27.3 Å². The van der Waals surface area contributed by atoms with E-state index in [1.165, 1.54) is 12.1 Å². The minimum absolute atomic E-state index is 0.0596. The first-order valence-corrected chi connectivity index (χ1v) is 12.5. The Balaban J connectivity index is 1.63. The van der Waals surface area contributed by atoms with Gasteiger partial charge in [-0.2, -0.15) is 0 Å². The second-order valence-electron chi connectivity index (χ2n) is 8.91. The third kappa shape index (κ3) is 4.23. The van der Waals surface area contributed by atoms with Crippen molar-refractivity contribution in [2.24, 2.45) is 16.8 Å². The number of aliphatic imine (C=N–C) groups is 1. The molecule has 2 bridgehead atoms. The minimum atomic E-state index is -3.97. The minimum Gasteiger partial charge on any atom is -0.394 e. The van der Waals surface area contributed by atoms with E-state index >= 15 is 0 Å². The zero-order valence-corrected chi connectivity index (χ0v) is 19.5. The maximum atomic E-state index is 13.7. The van der Waals surface area contributed by atoms with Crippen LogP contribution in [0.15, 0.2) is 40.2 Å². The van der Waals surface area contributed by atoms with Crippen molar-refractivity contribution in [2.45, 2.75) is 41.4 Å². The molecular formula is C23H22ClF3N2O4S. The quantitative estimate of drug-likeness (QED) is 0.441. The SMILES string of the molecule is C=NC1(CO)CC2CCC(C1)C2S(=O)(=O)c1cc(C(=O)Nc2cc(F)c(F)c(F)c2)ccc1Cl. The second kappa shape index (κ2) is 8.98. The van der Waals surface area contributed by atoms with Crippen molar-refractivity contribution >= 4 is 39.8 Å². The van der Waals surface area contributed by atoms with Crippen LogP contribution in [0.2, 0.25) is 5.02 Å². The molecule has 2 aromatic rings. The van der Waals surface area contributed by atoms with Crippen LogP contribution in [-0.4, -0.2) is 43.5 Å². The molecular weight excluding hydrogens is 493 g/mol. The number of nitrogens with one attached hydrogen (secondary N) is 1. The number of fused-ring (bicyclic) bond motifs is 2. The summed E-state index contributed by atoms with van der Waals surface area (Å²) in [6.07, 6.45) is 2.08. The van der Waals surface area contributed by atoms with Crippen LogP contribution >= 0.6 is 11.6 Å². The Morgan fingerprint density at radius 2 is 1.74 bits per heavy atom. The maximum absolute atomic E-state index is 13.7. The number of sulfone groups is 1. The molecule has 6 nitrogen and oxygen atoms in total. The summed E-state index contributed by atoms with van der Waals surface area (Å²) in [6.45, 7) is 3.36. The van der Waals surface area contributed by atoms with E-state index < -0.39 is 44.0 Å². The highest BCUT2D eigenvalue weighted by Crippen LogP contribution is 2.52. The summed E-state index contributed by atoms with van der Waals surface area (Å²) in [5, 5.41) is 11.2. The molecule has 0 spiro atoms. The lowest BCUT2D eigenvalue weighted by atomic mass is 9.75. The Kier molecular flexibility index (Phi) is 6.52. The van der Waals surface area contributed by atoms with Gasteiger partial charge in [-0.15, -0.1) is 0 Å². The van der Waals surface area contributed by atoms with E-state index in [1.807, 2.05) is 0 Å². The first-order chi connectivity index (χ1) is 16.0. The van der Waals surface area contributed by atoms with Crippen LogP contribution in [0.25, 0.3) is 0 Å². The van der Waals surface area contributed by atoms with E-state index in [1.54, 1.807) is 0 Å². The number of halogens is 4. The lowest BCUT2D eigenvalue weighted by molar-refractivity contribution is 0.102. The summed E-state index contributed by atoms with van der Waals surface area (Å²) in [5.41, 5.74) is -1.19. The predicted molar refractivity (Wildman–Crippen MR) is 122 cm³/mol. The number of carbonyl (C=O) groups excluding carboxylic acids is 1. The van der Waals surface area contributed by atoms with Crippen LogP contribution in [-0.2, 0) is 9.84 Å². The van der Waals surface area contributed by atoms with Gasteiger partial charge < -0.3 is 10.4 Å². The molecule has 0 radical (unpaired) electrons. The highest BCUT2D eigenvalue weighted by Gasteiger charge is 2.54. The van der Waals surface area contributed by atoms with Gasteiger partial charge in [-0.05, 0) is 62.4 Å². The molecule has 34 heavy (non-hydrogen) atoms. The summed E-state index contributed by atoms with van der Waals surface area (Å²) < 4.78 is 67.4. The first-order valence-electron chi connectivity index (χ1n) is 10.6. The molecule has 0 aliphatic heterocycles. The van der Waals surface area contributed by atoms with E-state index in [-0.39, 0.29) is 39.6 Å². The number of anilines is 1. The van der Waals surface area contributed by atoms with Crippen molar-refractivity contribution in [2.75, 3.05) is 11.9 Å². The topological polar surface area (TPSA) is 95.8 Å². The number of hydrogen-bond donors (Lipinski definition) is 2. The van der Waals surface area contributed by atoms with Gasteiger partial charge in [0, 0.05) is 23.4 Å². The van der Waals surface area contributed by atoms with Gasteiger partial charge in [0.15, 0.2) is 27.3 Å². The van der Waals surface area contributed by atoms with Crippen molar-refractivity contribution in [3.8, 4) is 0 Å². The molecule has 1 amide bonds. The maximum Gasteiger partial charge on any atom is 0.255 e. The molecule has 2 aliphatic carbocycles. The molecule has 182 valence electrons. The smallest absolute Gasteiger partial charge is 0.255 e. The zero-order valence-electron chi connectivity index (χ0n) is 17.9. The number of nitrogens with zero attached hydrogens (tertiary/aromatic N) is 1. The summed E-state index contributed by atoms with van der Waals surface area (Å²) >= 11 is 6.23. The van der Waals surface area contributed by atoms with Crippen LogP contribution < -0.4 is 5.32 Å². The van der Waals surface area contributed by atoms with E-state index in [0.717, 1.165) is 6.07 Å². The Hall–Kier alpha value is -2.43. The highest BCUT2D eigenvalue weighted by atomic mass is 35.5. The number of carbonyl (C=O) groups is 1. The number of aliphatic hydroxyl groups excluding tert-OH is 1. The molecule has 2 aliphatic rings. The lowest BCUT2D eigenvalue weighted by Crippen LogP contribution is -2.47. The molecule has 0 aromatic heterocycles. The third-order valence-electron chi connectivity index (χ3n) is 6.85. The normalized spacial score (nSPS) is 26.3. The average Bonchev–Trinajstić information content (AvgIpc) is 3.09. The van der Waals surface area contributed by atoms with Crippen LogP contribution in [0.1, 0.15) is 36.0 Å². The van der Waals surface area contributed by atoms with Gasteiger partial charge in [0.1, 0.15) is 0 Å². The standard InChI is InChI=1S/C23H22ClF3N2O4S/c1-28-23(11-30)9-13-2-3-14(10-23)21(13)34(32,33)19-6-12(4-5-16(19)24)22(31)29-15-7-17(25)20(27)18(26)8-15/h4-8,13-14,21,30H,1-3,9-11H2,(H,29,31). The first kappa shape index (κ1) is 24.7. The summed E-state index contributed by atoms with van der Waals surface area (Å²) in [4.78, 5) is 16.5. The van der Waals surface area contributed by atoms with Crippen LogP contribution in [0.5, 0.6) is 0 Å². The lowest BCUT2D eigenvalue weighted by Gasteiger charge is -2.40. The van der Waals surface area contributed by atoms with Gasteiger partial charge in [-0.1, -0.05) is 11.6 Å². The number of amides is 1. The fraction of sp³-hybridized carbons (Fsp3) is 0.391.